The number of morpholine rings is 1. The number of nitrogens with zero attached hydrogens (tertiary/aromatic N) is 2. The average molecular weight is 425 g/mol. The number of pyridine rings is 1. The van der Waals surface area contributed by atoms with Crippen molar-refractivity contribution < 1.29 is 13.2 Å². The van der Waals surface area contributed by atoms with Crippen molar-refractivity contribution in [1.29, 1.82) is 0 Å². The Labute approximate surface area is 175 Å². The molecule has 3 rings (SSSR count). The minimum absolute atomic E-state index is 0.0814. The summed E-state index contributed by atoms with van der Waals surface area (Å²) in [4.78, 5) is 6.91. The Balaban J connectivity index is 1.43. The van der Waals surface area contributed by atoms with Crippen LogP contribution in [0.1, 0.15) is 53.4 Å². The molecule has 1 saturated carbocycles. The van der Waals surface area contributed by atoms with Gasteiger partial charge in [0.05, 0.1) is 29.3 Å². The van der Waals surface area contributed by atoms with Gasteiger partial charge in [-0.05, 0) is 71.4 Å². The molecule has 0 amide bonds. The lowest BCUT2D eigenvalue weighted by molar-refractivity contribution is -0.00545. The summed E-state index contributed by atoms with van der Waals surface area (Å²) in [7, 11) is -3.18. The van der Waals surface area contributed by atoms with Gasteiger partial charge in [0.2, 0.25) is 10.0 Å². The van der Waals surface area contributed by atoms with Gasteiger partial charge >= 0.3 is 0 Å². The van der Waals surface area contributed by atoms with E-state index in [0.717, 1.165) is 56.8 Å². The summed E-state index contributed by atoms with van der Waals surface area (Å²) in [5.74, 6) is 1.56. The highest BCUT2D eigenvalue weighted by Gasteiger charge is 2.26. The SMILES string of the molecule is CC(C)S(=O)(=O)N[C@H]1CC[C@H](CNc2ccc(N3C[C@@H](C)O[C@@H](C)C3)nc2)CC1. The molecule has 8 heteroatoms. The van der Waals surface area contributed by atoms with Gasteiger partial charge in [0.25, 0.3) is 0 Å². The van der Waals surface area contributed by atoms with E-state index < -0.39 is 10.0 Å². The van der Waals surface area contributed by atoms with Gasteiger partial charge in [0.1, 0.15) is 5.82 Å². The van der Waals surface area contributed by atoms with Gasteiger partial charge in [-0.15, -0.1) is 0 Å². The van der Waals surface area contributed by atoms with E-state index in [2.05, 4.69) is 45.9 Å². The highest BCUT2D eigenvalue weighted by atomic mass is 32.2. The first-order valence-electron chi connectivity index (χ1n) is 10.8. The van der Waals surface area contributed by atoms with Crippen LogP contribution in [0.5, 0.6) is 0 Å². The van der Waals surface area contributed by atoms with Gasteiger partial charge in [-0.3, -0.25) is 0 Å². The Kier molecular flexibility index (Phi) is 7.40. The number of rotatable bonds is 7. The molecule has 0 radical (unpaired) electrons. The molecule has 1 aromatic heterocycles. The second-order valence-electron chi connectivity index (χ2n) is 8.88. The van der Waals surface area contributed by atoms with E-state index in [0.29, 0.717) is 5.92 Å². The van der Waals surface area contributed by atoms with E-state index in [1.165, 1.54) is 0 Å². The lowest BCUT2D eigenvalue weighted by Crippen LogP contribution is -2.45. The number of hydrogen-bond donors (Lipinski definition) is 2. The third kappa shape index (κ3) is 6.30. The lowest BCUT2D eigenvalue weighted by atomic mass is 9.86. The standard InChI is InChI=1S/C21H36N4O3S/c1-15(2)29(26,27)24-19-7-5-18(6-8-19)11-22-20-9-10-21(23-12-20)25-13-16(3)28-17(4)14-25/h9-10,12,15-19,22,24H,5-8,11,13-14H2,1-4H3/t16-,17+,18-,19-. The second-order valence-corrected chi connectivity index (χ2v) is 11.1. The smallest absolute Gasteiger partial charge is 0.214 e. The Morgan fingerprint density at radius 1 is 1.14 bits per heavy atom. The van der Waals surface area contributed by atoms with Crippen LogP contribution in [0.4, 0.5) is 11.5 Å². The van der Waals surface area contributed by atoms with Gasteiger partial charge in [-0.25, -0.2) is 18.1 Å². The first kappa shape index (κ1) is 22.3. The summed E-state index contributed by atoms with van der Waals surface area (Å²) in [5, 5.41) is 3.13. The highest BCUT2D eigenvalue weighted by molar-refractivity contribution is 7.90. The lowest BCUT2D eigenvalue weighted by Gasteiger charge is -2.36. The van der Waals surface area contributed by atoms with E-state index in [4.69, 9.17) is 4.74 Å². The molecule has 0 bridgehead atoms. The van der Waals surface area contributed by atoms with Crippen LogP contribution in [0.15, 0.2) is 18.3 Å². The molecular weight excluding hydrogens is 388 g/mol. The summed E-state index contributed by atoms with van der Waals surface area (Å²) < 4.78 is 32.7. The molecule has 2 fully saturated rings. The third-order valence-corrected chi connectivity index (χ3v) is 7.79. The minimum atomic E-state index is -3.18. The van der Waals surface area contributed by atoms with Crippen molar-refractivity contribution in [2.75, 3.05) is 29.9 Å². The van der Waals surface area contributed by atoms with Gasteiger partial charge in [-0.1, -0.05) is 0 Å². The van der Waals surface area contributed by atoms with Crippen molar-refractivity contribution in [1.82, 2.24) is 9.71 Å². The van der Waals surface area contributed by atoms with Crippen molar-refractivity contribution in [3.8, 4) is 0 Å². The topological polar surface area (TPSA) is 83.6 Å². The molecule has 2 heterocycles. The van der Waals surface area contributed by atoms with E-state index in [9.17, 15) is 8.42 Å². The van der Waals surface area contributed by atoms with Crippen molar-refractivity contribution in [2.24, 2.45) is 5.92 Å². The summed E-state index contributed by atoms with van der Waals surface area (Å²) in [5.41, 5.74) is 1.03. The van der Waals surface area contributed by atoms with Gasteiger partial charge in [-0.2, -0.15) is 0 Å². The molecule has 164 valence electrons. The molecule has 0 spiro atoms. The summed E-state index contributed by atoms with van der Waals surface area (Å²) in [6.45, 7) is 10.3. The van der Waals surface area contributed by atoms with E-state index in [1.807, 2.05) is 6.20 Å². The zero-order valence-electron chi connectivity index (χ0n) is 18.1. The first-order valence-corrected chi connectivity index (χ1v) is 12.4. The molecule has 2 N–H and O–H groups in total. The monoisotopic (exact) mass is 424 g/mol. The molecule has 1 aliphatic carbocycles. The zero-order chi connectivity index (χ0) is 21.0. The normalized spacial score (nSPS) is 28.5. The third-order valence-electron chi connectivity index (χ3n) is 5.88. The van der Waals surface area contributed by atoms with E-state index in [1.54, 1.807) is 13.8 Å². The Morgan fingerprint density at radius 2 is 1.79 bits per heavy atom. The van der Waals surface area contributed by atoms with Crippen molar-refractivity contribution in [3.63, 3.8) is 0 Å². The molecule has 0 aromatic carbocycles. The predicted molar refractivity (Wildman–Crippen MR) is 118 cm³/mol. The van der Waals surface area contributed by atoms with Gasteiger partial charge < -0.3 is 15.0 Å². The molecule has 29 heavy (non-hydrogen) atoms. The van der Waals surface area contributed by atoms with Crippen LogP contribution in [0.25, 0.3) is 0 Å². The Morgan fingerprint density at radius 3 is 2.34 bits per heavy atom. The fourth-order valence-electron chi connectivity index (χ4n) is 4.16. The maximum Gasteiger partial charge on any atom is 0.214 e. The molecule has 2 atom stereocenters. The van der Waals surface area contributed by atoms with E-state index >= 15 is 0 Å². The summed E-state index contributed by atoms with van der Waals surface area (Å²) in [6, 6.07) is 4.25. The van der Waals surface area contributed by atoms with Crippen LogP contribution in [0.3, 0.4) is 0 Å². The quantitative estimate of drug-likeness (QED) is 0.700. The fraction of sp³-hybridized carbons (Fsp3) is 0.762. The largest absolute Gasteiger partial charge is 0.384 e. The van der Waals surface area contributed by atoms with Crippen LogP contribution >= 0.6 is 0 Å². The number of ether oxygens (including phenoxy) is 1. The van der Waals surface area contributed by atoms with Crippen LogP contribution in [0, 0.1) is 5.92 Å². The van der Waals surface area contributed by atoms with Crippen LogP contribution in [-0.2, 0) is 14.8 Å². The number of sulfonamides is 1. The van der Waals surface area contributed by atoms with E-state index in [-0.39, 0.29) is 23.5 Å². The number of nitrogens with one attached hydrogen (secondary N) is 2. The molecular formula is C21H36N4O3S. The molecule has 1 aromatic rings. The van der Waals surface area contributed by atoms with Gasteiger partial charge in [0.15, 0.2) is 0 Å². The van der Waals surface area contributed by atoms with Crippen LogP contribution < -0.4 is 14.9 Å². The van der Waals surface area contributed by atoms with Crippen molar-refractivity contribution in [3.05, 3.63) is 18.3 Å². The Bertz CT molecular complexity index is 736. The average Bonchev–Trinajstić information content (AvgIpc) is 2.67. The number of aromatic nitrogens is 1. The van der Waals surface area contributed by atoms with Crippen molar-refractivity contribution >= 4 is 21.5 Å². The first-order chi connectivity index (χ1) is 13.7. The molecule has 2 aliphatic rings. The zero-order valence-corrected chi connectivity index (χ0v) is 18.9. The molecule has 7 nitrogen and oxygen atoms in total. The molecule has 0 unspecified atom stereocenters. The number of anilines is 2. The number of hydrogen-bond acceptors (Lipinski definition) is 6. The summed E-state index contributed by atoms with van der Waals surface area (Å²) in [6.07, 6.45) is 6.23. The van der Waals surface area contributed by atoms with Crippen LogP contribution in [0.2, 0.25) is 0 Å². The minimum Gasteiger partial charge on any atom is -0.384 e. The maximum atomic E-state index is 12.0. The van der Waals surface area contributed by atoms with Crippen molar-refractivity contribution in [2.45, 2.75) is 76.9 Å². The Hall–Kier alpha value is -1.38. The highest BCUT2D eigenvalue weighted by Crippen LogP contribution is 2.26. The van der Waals surface area contributed by atoms with Crippen LogP contribution in [-0.4, -0.2) is 56.5 Å². The maximum absolute atomic E-state index is 12.0. The predicted octanol–water partition coefficient (Wildman–Crippen LogP) is 2.99. The molecule has 1 saturated heterocycles. The van der Waals surface area contributed by atoms with Gasteiger partial charge in [0, 0.05) is 25.7 Å². The fourth-order valence-corrected chi connectivity index (χ4v) is 5.13. The summed E-state index contributed by atoms with van der Waals surface area (Å²) >= 11 is 0. The molecule has 1 aliphatic heterocycles. The second kappa shape index (κ2) is 9.62.